The monoisotopic (exact) mass is 192 g/mol. The quantitative estimate of drug-likeness (QED) is 0.637. The molecule has 72 valence electrons. The number of carbonyl (C=O) groups is 1. The zero-order valence-electron chi connectivity index (χ0n) is 7.77. The topological polar surface area (TPSA) is 65.2 Å². The summed E-state index contributed by atoms with van der Waals surface area (Å²) < 4.78 is 9.77. The fraction of sp³-hybridized carbons (Fsp3) is 0.222. The molecule has 0 radical (unpaired) electrons. The molecule has 2 aromatic rings. The minimum atomic E-state index is -0.437. The molecule has 0 spiro atoms. The summed E-state index contributed by atoms with van der Waals surface area (Å²) in [5, 5.41) is 0. The molecule has 0 aliphatic rings. The van der Waals surface area contributed by atoms with Gasteiger partial charge in [-0.25, -0.2) is 9.78 Å². The summed E-state index contributed by atoms with van der Waals surface area (Å²) in [6, 6.07) is 1.56. The predicted molar refractivity (Wildman–Crippen MR) is 47.9 cm³/mol. The number of fused-ring (bicyclic) bond motifs is 1. The molecule has 0 aromatic carbocycles. The fourth-order valence-electron chi connectivity index (χ4n) is 1.16. The number of nitrogens with zero attached hydrogens (tertiary/aromatic N) is 2. The Balaban J connectivity index is 2.55. The van der Waals surface area contributed by atoms with Crippen LogP contribution in [0.4, 0.5) is 0 Å². The Kier molecular flexibility index (Phi) is 1.92. The number of aryl methyl sites for hydroxylation is 1. The van der Waals surface area contributed by atoms with Gasteiger partial charge in [-0.05, 0) is 0 Å². The average Bonchev–Trinajstić information content (AvgIpc) is 2.55. The third-order valence-electron chi connectivity index (χ3n) is 1.78. The minimum Gasteiger partial charge on any atom is -0.465 e. The Bertz CT molecular complexity index is 490. The second-order valence-corrected chi connectivity index (χ2v) is 2.77. The molecule has 0 saturated heterocycles. The van der Waals surface area contributed by atoms with E-state index >= 15 is 0 Å². The van der Waals surface area contributed by atoms with Gasteiger partial charge in [0, 0.05) is 19.2 Å². The first-order valence-corrected chi connectivity index (χ1v) is 4.02. The molecule has 2 aromatic heterocycles. The van der Waals surface area contributed by atoms with Gasteiger partial charge < -0.3 is 9.15 Å². The molecule has 0 N–H and O–H groups in total. The average molecular weight is 192 g/mol. The molecule has 0 saturated carbocycles. The zero-order chi connectivity index (χ0) is 10.1. The number of hydrogen-bond acceptors (Lipinski definition) is 5. The van der Waals surface area contributed by atoms with Gasteiger partial charge in [0.1, 0.15) is 0 Å². The van der Waals surface area contributed by atoms with Crippen molar-refractivity contribution in [2.45, 2.75) is 6.92 Å². The van der Waals surface area contributed by atoms with E-state index in [1.54, 1.807) is 13.0 Å². The minimum absolute atomic E-state index is 0.358. The first-order valence-electron chi connectivity index (χ1n) is 4.02. The van der Waals surface area contributed by atoms with Crippen LogP contribution in [0.3, 0.4) is 0 Å². The van der Waals surface area contributed by atoms with Gasteiger partial charge in [-0.3, -0.25) is 0 Å². The van der Waals surface area contributed by atoms with Gasteiger partial charge in [0.05, 0.1) is 12.7 Å². The van der Waals surface area contributed by atoms with Gasteiger partial charge in [-0.2, -0.15) is 4.98 Å². The van der Waals surface area contributed by atoms with E-state index in [2.05, 4.69) is 14.7 Å². The van der Waals surface area contributed by atoms with Gasteiger partial charge in [-0.15, -0.1) is 0 Å². The number of methoxy groups -OCH3 is 1. The number of carbonyl (C=O) groups excluding carboxylic acids is 1. The van der Waals surface area contributed by atoms with Crippen molar-refractivity contribution >= 4 is 17.2 Å². The van der Waals surface area contributed by atoms with Crippen LogP contribution in [0.5, 0.6) is 0 Å². The van der Waals surface area contributed by atoms with Gasteiger partial charge in [-0.1, -0.05) is 0 Å². The maximum atomic E-state index is 11.1. The van der Waals surface area contributed by atoms with Crippen LogP contribution in [0, 0.1) is 6.92 Å². The Morgan fingerprint density at radius 1 is 1.57 bits per heavy atom. The SMILES string of the molecule is COC(=O)c1cnc2nc(C)oc2c1. The number of hydrogen-bond donors (Lipinski definition) is 0. The smallest absolute Gasteiger partial charge is 0.339 e. The summed E-state index contributed by atoms with van der Waals surface area (Å²) in [5.74, 6) is 0.0861. The zero-order valence-corrected chi connectivity index (χ0v) is 7.77. The summed E-state index contributed by atoms with van der Waals surface area (Å²) in [6.07, 6.45) is 1.41. The molecule has 0 unspecified atom stereocenters. The molecule has 0 amide bonds. The van der Waals surface area contributed by atoms with Crippen molar-refractivity contribution in [2.75, 3.05) is 7.11 Å². The second kappa shape index (κ2) is 3.10. The largest absolute Gasteiger partial charge is 0.465 e. The standard InChI is InChI=1S/C9H8N2O3/c1-5-11-8-7(14-5)3-6(4-10-8)9(12)13-2/h3-4H,1-2H3. The summed E-state index contributed by atoms with van der Waals surface area (Å²) in [7, 11) is 1.32. The highest BCUT2D eigenvalue weighted by atomic mass is 16.5. The third-order valence-corrected chi connectivity index (χ3v) is 1.78. The lowest BCUT2D eigenvalue weighted by atomic mass is 10.3. The van der Waals surface area contributed by atoms with Crippen LogP contribution in [-0.4, -0.2) is 23.0 Å². The highest BCUT2D eigenvalue weighted by molar-refractivity contribution is 5.91. The maximum absolute atomic E-state index is 11.1. The summed E-state index contributed by atoms with van der Waals surface area (Å²) in [4.78, 5) is 19.1. The maximum Gasteiger partial charge on any atom is 0.339 e. The Morgan fingerprint density at radius 2 is 2.36 bits per heavy atom. The van der Waals surface area contributed by atoms with Gasteiger partial charge in [0.15, 0.2) is 17.1 Å². The van der Waals surface area contributed by atoms with Crippen molar-refractivity contribution < 1.29 is 13.9 Å². The number of oxazole rings is 1. The molecule has 0 fully saturated rings. The molecule has 0 atom stereocenters. The number of aromatic nitrogens is 2. The van der Waals surface area contributed by atoms with Crippen LogP contribution in [-0.2, 0) is 4.74 Å². The van der Waals surface area contributed by atoms with E-state index in [0.717, 1.165) is 0 Å². The summed E-state index contributed by atoms with van der Waals surface area (Å²) >= 11 is 0. The number of rotatable bonds is 1. The summed E-state index contributed by atoms with van der Waals surface area (Å²) in [6.45, 7) is 1.72. The van der Waals surface area contributed by atoms with Crippen molar-refractivity contribution in [1.82, 2.24) is 9.97 Å². The molecule has 14 heavy (non-hydrogen) atoms. The Labute approximate surface area is 79.7 Å². The molecule has 2 rings (SSSR count). The van der Waals surface area contributed by atoms with Gasteiger partial charge >= 0.3 is 5.97 Å². The van der Waals surface area contributed by atoms with Crippen molar-refractivity contribution in [3.05, 3.63) is 23.7 Å². The lowest BCUT2D eigenvalue weighted by Gasteiger charge is -1.96. The third kappa shape index (κ3) is 1.32. The molecule has 5 nitrogen and oxygen atoms in total. The Morgan fingerprint density at radius 3 is 3.07 bits per heavy atom. The van der Waals surface area contributed by atoms with Gasteiger partial charge in [0.2, 0.25) is 0 Å². The van der Waals surface area contributed by atoms with Crippen LogP contribution in [0.25, 0.3) is 11.2 Å². The molecule has 0 aliphatic carbocycles. The molecule has 2 heterocycles. The fourth-order valence-corrected chi connectivity index (χ4v) is 1.16. The van der Waals surface area contributed by atoms with Crippen LogP contribution in [0.1, 0.15) is 16.2 Å². The molecular formula is C9H8N2O3. The van der Waals surface area contributed by atoms with E-state index in [9.17, 15) is 4.79 Å². The van der Waals surface area contributed by atoms with Crippen molar-refractivity contribution in [1.29, 1.82) is 0 Å². The number of esters is 1. The van der Waals surface area contributed by atoms with E-state index < -0.39 is 5.97 Å². The summed E-state index contributed by atoms with van der Waals surface area (Å²) in [5.41, 5.74) is 1.34. The molecule has 0 aliphatic heterocycles. The van der Waals surface area contributed by atoms with E-state index in [0.29, 0.717) is 22.7 Å². The van der Waals surface area contributed by atoms with E-state index in [4.69, 9.17) is 4.42 Å². The van der Waals surface area contributed by atoms with Gasteiger partial charge in [0.25, 0.3) is 0 Å². The highest BCUT2D eigenvalue weighted by Gasteiger charge is 2.09. The van der Waals surface area contributed by atoms with Crippen molar-refractivity contribution in [3.8, 4) is 0 Å². The van der Waals surface area contributed by atoms with Crippen LogP contribution in [0.2, 0.25) is 0 Å². The van der Waals surface area contributed by atoms with Crippen LogP contribution < -0.4 is 0 Å². The lowest BCUT2D eigenvalue weighted by molar-refractivity contribution is 0.0600. The number of ether oxygens (including phenoxy) is 1. The highest BCUT2D eigenvalue weighted by Crippen LogP contribution is 2.14. The normalized spacial score (nSPS) is 10.4. The predicted octanol–water partition coefficient (Wildman–Crippen LogP) is 1.32. The van der Waals surface area contributed by atoms with Crippen LogP contribution in [0.15, 0.2) is 16.7 Å². The molecule has 5 heteroatoms. The van der Waals surface area contributed by atoms with Crippen LogP contribution >= 0.6 is 0 Å². The van der Waals surface area contributed by atoms with E-state index in [1.165, 1.54) is 13.3 Å². The van der Waals surface area contributed by atoms with Crippen molar-refractivity contribution in [3.63, 3.8) is 0 Å². The first kappa shape index (κ1) is 8.68. The Hall–Kier alpha value is -1.91. The first-order chi connectivity index (χ1) is 6.70. The van der Waals surface area contributed by atoms with Crippen molar-refractivity contribution in [2.24, 2.45) is 0 Å². The van der Waals surface area contributed by atoms with E-state index in [-0.39, 0.29) is 0 Å². The van der Waals surface area contributed by atoms with E-state index in [1.807, 2.05) is 0 Å². The molecular weight excluding hydrogens is 184 g/mol. The second-order valence-electron chi connectivity index (χ2n) is 2.77. The lowest BCUT2D eigenvalue weighted by Crippen LogP contribution is -2.01. The number of pyridine rings is 1. The molecule has 0 bridgehead atoms.